The van der Waals surface area contributed by atoms with E-state index < -0.39 is 4.92 Å². The maximum Gasteiger partial charge on any atom is 0.289 e. The van der Waals surface area contributed by atoms with Crippen LogP contribution in [0.2, 0.25) is 0 Å². The molecule has 1 aliphatic rings. The van der Waals surface area contributed by atoms with E-state index in [0.29, 0.717) is 33.5 Å². The maximum absolute atomic E-state index is 13.1. The Balaban J connectivity index is 1.66. The van der Waals surface area contributed by atoms with E-state index in [9.17, 15) is 19.3 Å². The first-order valence-corrected chi connectivity index (χ1v) is 9.20. The lowest BCUT2D eigenvalue weighted by Gasteiger charge is -2.00. The van der Waals surface area contributed by atoms with E-state index in [4.69, 9.17) is 4.42 Å². The van der Waals surface area contributed by atoms with Gasteiger partial charge in [0, 0.05) is 6.07 Å². The van der Waals surface area contributed by atoms with E-state index in [-0.39, 0.29) is 16.7 Å². The van der Waals surface area contributed by atoms with Gasteiger partial charge in [0.15, 0.2) is 0 Å². The third kappa shape index (κ3) is 4.09. The Bertz CT molecular complexity index is 1170. The Morgan fingerprint density at radius 1 is 1.10 bits per heavy atom. The number of halogens is 1. The number of nitrogens with zero attached hydrogens (tertiary/aromatic N) is 2. The number of amidine groups is 1. The van der Waals surface area contributed by atoms with Gasteiger partial charge in [0.1, 0.15) is 23.2 Å². The van der Waals surface area contributed by atoms with Gasteiger partial charge in [-0.3, -0.25) is 14.9 Å². The van der Waals surface area contributed by atoms with Crippen molar-refractivity contribution in [1.29, 1.82) is 0 Å². The largest absolute Gasteiger partial charge is 0.456 e. The van der Waals surface area contributed by atoms with E-state index in [1.54, 1.807) is 36.4 Å². The number of thioether (sulfide) groups is 1. The summed E-state index contributed by atoms with van der Waals surface area (Å²) in [5.74, 6) is 0.676. The van der Waals surface area contributed by atoms with Gasteiger partial charge in [0.05, 0.1) is 21.1 Å². The van der Waals surface area contributed by atoms with E-state index in [0.717, 1.165) is 11.8 Å². The molecule has 0 unspecified atom stereocenters. The van der Waals surface area contributed by atoms with Crippen LogP contribution in [0.3, 0.4) is 0 Å². The standard InChI is InChI=1S/C20H12FN3O4S/c21-12-5-7-13(8-6-12)22-19-18(29-20(25)23-19)11-14-9-10-17(28-14)15-3-1-2-4-16(15)24(26)27/h1-11H,(H,22,23,25). The highest BCUT2D eigenvalue weighted by molar-refractivity contribution is 8.18. The summed E-state index contributed by atoms with van der Waals surface area (Å²) in [6, 6.07) is 15.1. The van der Waals surface area contributed by atoms with Gasteiger partial charge in [-0.15, -0.1) is 0 Å². The zero-order valence-corrected chi connectivity index (χ0v) is 15.5. The molecule has 1 fully saturated rings. The number of furan rings is 1. The van der Waals surface area contributed by atoms with Crippen LogP contribution in [0.1, 0.15) is 5.76 Å². The number of amides is 1. The molecule has 3 aromatic rings. The molecule has 1 saturated heterocycles. The molecule has 0 spiro atoms. The zero-order valence-electron chi connectivity index (χ0n) is 14.7. The maximum atomic E-state index is 13.1. The summed E-state index contributed by atoms with van der Waals surface area (Å²) in [5, 5.41) is 13.5. The van der Waals surface area contributed by atoms with Gasteiger partial charge in [-0.05, 0) is 60.3 Å². The minimum absolute atomic E-state index is 0.0632. The van der Waals surface area contributed by atoms with Crippen LogP contribution < -0.4 is 5.32 Å². The SMILES string of the molecule is O=C1NC(=Nc2ccc(F)cc2)C(=Cc2ccc(-c3ccccc3[N+](=O)[O-])o2)S1. The van der Waals surface area contributed by atoms with Gasteiger partial charge in [-0.25, -0.2) is 9.38 Å². The summed E-state index contributed by atoms with van der Waals surface area (Å²) in [6.07, 6.45) is 1.61. The second kappa shape index (κ2) is 7.72. The first-order valence-electron chi connectivity index (χ1n) is 8.38. The summed E-state index contributed by atoms with van der Waals surface area (Å²) in [4.78, 5) is 27.4. The third-order valence-corrected chi connectivity index (χ3v) is 4.81. The molecule has 1 N–H and O–H groups in total. The number of carbonyl (C=O) groups is 1. The number of benzene rings is 2. The average Bonchev–Trinajstić information content (AvgIpc) is 3.30. The van der Waals surface area contributed by atoms with Crippen molar-refractivity contribution in [2.24, 2.45) is 4.99 Å². The second-order valence-corrected chi connectivity index (χ2v) is 6.95. The molecule has 0 aliphatic carbocycles. The van der Waals surface area contributed by atoms with Crippen LogP contribution in [0.5, 0.6) is 0 Å². The van der Waals surface area contributed by atoms with E-state index in [2.05, 4.69) is 10.3 Å². The predicted octanol–water partition coefficient (Wildman–Crippen LogP) is 5.52. The van der Waals surface area contributed by atoms with Crippen molar-refractivity contribution in [2.75, 3.05) is 0 Å². The molecule has 0 bridgehead atoms. The molecule has 0 radical (unpaired) electrons. The second-order valence-electron chi connectivity index (χ2n) is 5.94. The van der Waals surface area contributed by atoms with Crippen molar-refractivity contribution in [2.45, 2.75) is 0 Å². The van der Waals surface area contributed by atoms with Gasteiger partial charge < -0.3 is 9.73 Å². The summed E-state index contributed by atoms with van der Waals surface area (Å²) >= 11 is 0.942. The van der Waals surface area contributed by atoms with Crippen molar-refractivity contribution in [3.63, 3.8) is 0 Å². The highest BCUT2D eigenvalue weighted by Gasteiger charge is 2.24. The van der Waals surface area contributed by atoms with E-state index >= 15 is 0 Å². The topological polar surface area (TPSA) is 97.7 Å². The number of aliphatic imine (C=N–C) groups is 1. The molecule has 1 aromatic heterocycles. The lowest BCUT2D eigenvalue weighted by Crippen LogP contribution is -2.18. The Morgan fingerprint density at radius 2 is 1.86 bits per heavy atom. The van der Waals surface area contributed by atoms with Crippen LogP contribution in [-0.4, -0.2) is 16.0 Å². The van der Waals surface area contributed by atoms with Crippen molar-refractivity contribution in [3.05, 3.63) is 87.3 Å². The molecular formula is C20H12FN3O4S. The smallest absolute Gasteiger partial charge is 0.289 e. The fourth-order valence-electron chi connectivity index (χ4n) is 2.70. The Hall–Kier alpha value is -3.72. The lowest BCUT2D eigenvalue weighted by molar-refractivity contribution is -0.384. The highest BCUT2D eigenvalue weighted by Crippen LogP contribution is 2.33. The number of hydrogen-bond acceptors (Lipinski definition) is 6. The minimum atomic E-state index is -0.473. The number of rotatable bonds is 4. The average molecular weight is 409 g/mol. The summed E-state index contributed by atoms with van der Waals surface area (Å²) in [6.45, 7) is 0. The van der Waals surface area contributed by atoms with Crippen molar-refractivity contribution >= 4 is 40.3 Å². The molecule has 29 heavy (non-hydrogen) atoms. The number of nitro groups is 1. The molecule has 144 valence electrons. The molecule has 0 saturated carbocycles. The van der Waals surface area contributed by atoms with Gasteiger partial charge in [0.25, 0.3) is 10.9 Å². The minimum Gasteiger partial charge on any atom is -0.456 e. The van der Waals surface area contributed by atoms with Gasteiger partial charge in [-0.2, -0.15) is 0 Å². The molecule has 7 nitrogen and oxygen atoms in total. The molecule has 2 heterocycles. The monoisotopic (exact) mass is 409 g/mol. The Kier molecular flexibility index (Phi) is 4.96. The van der Waals surface area contributed by atoms with Crippen LogP contribution in [0, 0.1) is 15.9 Å². The number of hydrogen-bond donors (Lipinski definition) is 1. The lowest BCUT2D eigenvalue weighted by atomic mass is 10.1. The number of para-hydroxylation sites is 1. The molecule has 0 atom stereocenters. The zero-order chi connectivity index (χ0) is 20.4. The molecule has 4 rings (SSSR count). The molecule has 1 amide bonds. The van der Waals surface area contributed by atoms with E-state index in [1.807, 2.05) is 0 Å². The van der Waals surface area contributed by atoms with Crippen LogP contribution in [0.25, 0.3) is 17.4 Å². The Labute approximate surface area is 168 Å². The normalized spacial score (nSPS) is 16.4. The first-order chi connectivity index (χ1) is 14.0. The van der Waals surface area contributed by atoms with Gasteiger partial charge in [-0.1, -0.05) is 12.1 Å². The van der Waals surface area contributed by atoms with Crippen molar-refractivity contribution < 1.29 is 18.5 Å². The van der Waals surface area contributed by atoms with Crippen LogP contribution in [0.4, 0.5) is 20.6 Å². The van der Waals surface area contributed by atoms with Crippen LogP contribution in [-0.2, 0) is 0 Å². The summed E-state index contributed by atoms with van der Waals surface area (Å²) in [7, 11) is 0. The van der Waals surface area contributed by atoms with Gasteiger partial charge >= 0.3 is 0 Å². The summed E-state index contributed by atoms with van der Waals surface area (Å²) < 4.78 is 18.8. The van der Waals surface area contributed by atoms with Crippen molar-refractivity contribution in [1.82, 2.24) is 5.32 Å². The van der Waals surface area contributed by atoms with Crippen molar-refractivity contribution in [3.8, 4) is 11.3 Å². The number of nitrogens with one attached hydrogen (secondary N) is 1. The first kappa shape index (κ1) is 18.6. The molecular weight excluding hydrogens is 397 g/mol. The number of nitro benzene ring substituents is 1. The Morgan fingerprint density at radius 3 is 2.62 bits per heavy atom. The summed E-state index contributed by atoms with van der Waals surface area (Å²) in [5.41, 5.74) is 0.775. The predicted molar refractivity (Wildman–Crippen MR) is 108 cm³/mol. The molecule has 9 heteroatoms. The molecule has 2 aromatic carbocycles. The number of carbonyl (C=O) groups excluding carboxylic acids is 1. The quantitative estimate of drug-likeness (QED) is 0.452. The molecule has 1 aliphatic heterocycles. The third-order valence-electron chi connectivity index (χ3n) is 3.99. The van der Waals surface area contributed by atoms with E-state index in [1.165, 1.54) is 30.3 Å². The van der Waals surface area contributed by atoms with Crippen LogP contribution in [0.15, 0.2) is 75.0 Å². The fraction of sp³-hybridized carbons (Fsp3) is 0. The highest BCUT2D eigenvalue weighted by atomic mass is 32.2. The van der Waals surface area contributed by atoms with Gasteiger partial charge in [0.2, 0.25) is 0 Å². The van der Waals surface area contributed by atoms with Crippen LogP contribution >= 0.6 is 11.8 Å². The fourth-order valence-corrected chi connectivity index (χ4v) is 3.42.